The number of fused-ring (bicyclic) bond motifs is 1. The van der Waals surface area contributed by atoms with Crippen molar-refractivity contribution in [2.75, 3.05) is 11.1 Å². The summed E-state index contributed by atoms with van der Waals surface area (Å²) in [6, 6.07) is 5.73. The third-order valence-corrected chi connectivity index (χ3v) is 4.70. The molecule has 0 fully saturated rings. The number of anilines is 1. The van der Waals surface area contributed by atoms with E-state index in [-0.39, 0.29) is 23.1 Å². The molecule has 2 heterocycles. The van der Waals surface area contributed by atoms with Crippen LogP contribution in [0.25, 0.3) is 11.1 Å². The Bertz CT molecular complexity index is 923. The molecule has 26 heavy (non-hydrogen) atoms. The van der Waals surface area contributed by atoms with Crippen LogP contribution in [-0.2, 0) is 10.2 Å². The Labute approximate surface area is 156 Å². The number of benzene rings is 1. The number of nitrogens with zero attached hydrogens (tertiary/aromatic N) is 4. The van der Waals surface area contributed by atoms with Crippen molar-refractivity contribution in [2.24, 2.45) is 0 Å². The Kier molecular flexibility index (Phi) is 5.04. The number of nitrogens with one attached hydrogen (secondary N) is 1. The Morgan fingerprint density at radius 3 is 2.81 bits per heavy atom. The quantitative estimate of drug-likeness (QED) is 0.680. The molecule has 0 bridgehead atoms. The Morgan fingerprint density at radius 2 is 2.12 bits per heavy atom. The summed E-state index contributed by atoms with van der Waals surface area (Å²) in [4.78, 5) is 16.8. The van der Waals surface area contributed by atoms with Crippen molar-refractivity contribution in [3.8, 4) is 0 Å². The molecule has 0 aliphatic carbocycles. The van der Waals surface area contributed by atoms with Gasteiger partial charge in [0.1, 0.15) is 11.8 Å². The Balaban J connectivity index is 1.66. The molecular formula is C18H23N5O2S. The summed E-state index contributed by atoms with van der Waals surface area (Å²) in [6.45, 7) is 10.2. The van der Waals surface area contributed by atoms with Crippen LogP contribution < -0.4 is 5.32 Å². The van der Waals surface area contributed by atoms with Crippen LogP contribution in [0.3, 0.4) is 0 Å². The van der Waals surface area contributed by atoms with Crippen molar-refractivity contribution in [3.05, 3.63) is 30.4 Å². The van der Waals surface area contributed by atoms with Gasteiger partial charge in [0.15, 0.2) is 10.7 Å². The number of carbonyl (C=O) groups excluding carboxylic acids is 1. The first kappa shape index (κ1) is 18.4. The highest BCUT2D eigenvalue weighted by Crippen LogP contribution is 2.27. The van der Waals surface area contributed by atoms with E-state index in [1.165, 1.54) is 11.8 Å². The third-order valence-electron chi connectivity index (χ3n) is 3.74. The monoisotopic (exact) mass is 373 g/mol. The van der Waals surface area contributed by atoms with Gasteiger partial charge in [-0.25, -0.2) is 4.98 Å². The van der Waals surface area contributed by atoms with E-state index >= 15 is 0 Å². The molecule has 1 amide bonds. The average molecular weight is 373 g/mol. The summed E-state index contributed by atoms with van der Waals surface area (Å²) < 4.78 is 7.72. The second-order valence-electron chi connectivity index (χ2n) is 7.40. The lowest BCUT2D eigenvalue weighted by Gasteiger charge is -2.11. The van der Waals surface area contributed by atoms with Crippen LogP contribution in [0, 0.1) is 0 Å². The van der Waals surface area contributed by atoms with E-state index in [0.717, 1.165) is 10.7 Å². The van der Waals surface area contributed by atoms with Crippen LogP contribution in [0.2, 0.25) is 0 Å². The maximum Gasteiger partial charge on any atom is 0.234 e. The van der Waals surface area contributed by atoms with E-state index in [2.05, 4.69) is 20.5 Å². The van der Waals surface area contributed by atoms with Crippen LogP contribution >= 0.6 is 11.8 Å². The lowest BCUT2D eigenvalue weighted by Crippen LogP contribution is -2.14. The van der Waals surface area contributed by atoms with Crippen molar-refractivity contribution in [3.63, 3.8) is 0 Å². The first-order chi connectivity index (χ1) is 12.2. The molecule has 7 nitrogen and oxygen atoms in total. The zero-order chi connectivity index (χ0) is 18.9. The van der Waals surface area contributed by atoms with Crippen LogP contribution in [-0.4, -0.2) is 31.4 Å². The van der Waals surface area contributed by atoms with Crippen LogP contribution in [0.1, 0.15) is 46.6 Å². The largest absolute Gasteiger partial charge is 0.440 e. The Morgan fingerprint density at radius 1 is 1.35 bits per heavy atom. The number of amides is 1. The van der Waals surface area contributed by atoms with Gasteiger partial charge in [0.25, 0.3) is 0 Å². The molecule has 0 aliphatic rings. The van der Waals surface area contributed by atoms with Crippen molar-refractivity contribution < 1.29 is 9.21 Å². The van der Waals surface area contributed by atoms with Gasteiger partial charge in [-0.15, -0.1) is 10.2 Å². The summed E-state index contributed by atoms with van der Waals surface area (Å²) in [5.74, 6) is 0.835. The third kappa shape index (κ3) is 4.07. The zero-order valence-electron chi connectivity index (χ0n) is 15.6. The minimum atomic E-state index is -0.161. The van der Waals surface area contributed by atoms with E-state index in [9.17, 15) is 4.79 Å². The van der Waals surface area contributed by atoms with E-state index in [0.29, 0.717) is 17.2 Å². The molecule has 0 radical (unpaired) electrons. The summed E-state index contributed by atoms with van der Waals surface area (Å²) in [6.07, 6.45) is 1.68. The highest BCUT2D eigenvalue weighted by atomic mass is 32.2. The van der Waals surface area contributed by atoms with Crippen molar-refractivity contribution in [1.29, 1.82) is 0 Å². The van der Waals surface area contributed by atoms with Crippen molar-refractivity contribution in [2.45, 2.75) is 51.2 Å². The predicted molar refractivity (Wildman–Crippen MR) is 102 cm³/mol. The van der Waals surface area contributed by atoms with Crippen LogP contribution in [0.5, 0.6) is 0 Å². The van der Waals surface area contributed by atoms with Gasteiger partial charge in [-0.2, -0.15) is 0 Å². The van der Waals surface area contributed by atoms with Gasteiger partial charge < -0.3 is 14.3 Å². The molecule has 1 N–H and O–H groups in total. The van der Waals surface area contributed by atoms with Crippen LogP contribution in [0.4, 0.5) is 5.69 Å². The lowest BCUT2D eigenvalue weighted by atomic mass is 9.97. The molecule has 1 aromatic carbocycles. The van der Waals surface area contributed by atoms with E-state index in [1.54, 1.807) is 6.33 Å². The summed E-state index contributed by atoms with van der Waals surface area (Å²) in [7, 11) is 0. The SMILES string of the molecule is CC(C)n1cnnc1SCC(=O)Nc1ccc2oc(C(C)(C)C)nc2c1. The van der Waals surface area contributed by atoms with Crippen molar-refractivity contribution >= 4 is 34.5 Å². The topological polar surface area (TPSA) is 85.8 Å². The number of hydrogen-bond acceptors (Lipinski definition) is 6. The fraction of sp³-hybridized carbons (Fsp3) is 0.444. The first-order valence-corrected chi connectivity index (χ1v) is 9.46. The minimum Gasteiger partial charge on any atom is -0.440 e. The highest BCUT2D eigenvalue weighted by Gasteiger charge is 2.21. The molecule has 8 heteroatoms. The van der Waals surface area contributed by atoms with Crippen LogP contribution in [0.15, 0.2) is 34.1 Å². The maximum atomic E-state index is 12.3. The fourth-order valence-corrected chi connectivity index (χ4v) is 3.19. The van der Waals surface area contributed by atoms with Gasteiger partial charge in [-0.1, -0.05) is 32.5 Å². The molecule has 3 aromatic rings. The normalized spacial score (nSPS) is 12.1. The van der Waals surface area contributed by atoms with Gasteiger partial charge in [-0.3, -0.25) is 4.79 Å². The van der Waals surface area contributed by atoms with Gasteiger partial charge in [-0.05, 0) is 32.0 Å². The molecule has 0 atom stereocenters. The average Bonchev–Trinajstić information content (AvgIpc) is 3.18. The number of aromatic nitrogens is 4. The summed E-state index contributed by atoms with van der Waals surface area (Å²) >= 11 is 1.36. The maximum absolute atomic E-state index is 12.3. The molecule has 0 saturated heterocycles. The summed E-state index contributed by atoms with van der Waals surface area (Å²) in [5, 5.41) is 11.6. The van der Waals surface area contributed by atoms with Crippen molar-refractivity contribution in [1.82, 2.24) is 19.7 Å². The molecule has 3 rings (SSSR count). The molecule has 0 aliphatic heterocycles. The Hall–Kier alpha value is -2.35. The van der Waals surface area contributed by atoms with E-state index in [1.807, 2.05) is 57.4 Å². The molecule has 2 aromatic heterocycles. The number of carbonyl (C=O) groups is 1. The minimum absolute atomic E-state index is 0.104. The molecule has 0 saturated carbocycles. The predicted octanol–water partition coefficient (Wildman–Crippen LogP) is 4.03. The molecular weight excluding hydrogens is 350 g/mol. The van der Waals surface area contributed by atoms with Gasteiger partial charge >= 0.3 is 0 Å². The first-order valence-electron chi connectivity index (χ1n) is 8.47. The van der Waals surface area contributed by atoms with Gasteiger partial charge in [0, 0.05) is 17.1 Å². The zero-order valence-corrected chi connectivity index (χ0v) is 16.4. The lowest BCUT2D eigenvalue weighted by molar-refractivity contribution is -0.113. The molecule has 138 valence electrons. The second-order valence-corrected chi connectivity index (χ2v) is 8.35. The number of oxazole rings is 1. The smallest absolute Gasteiger partial charge is 0.234 e. The number of thioether (sulfide) groups is 1. The second kappa shape index (κ2) is 7.11. The fourth-order valence-electron chi connectivity index (χ4n) is 2.34. The highest BCUT2D eigenvalue weighted by molar-refractivity contribution is 7.99. The summed E-state index contributed by atoms with van der Waals surface area (Å²) in [5.41, 5.74) is 1.99. The van der Waals surface area contributed by atoms with Gasteiger partial charge in [0.2, 0.25) is 11.8 Å². The van der Waals surface area contributed by atoms with Gasteiger partial charge in [0.05, 0.1) is 5.75 Å². The number of hydrogen-bond donors (Lipinski definition) is 1. The van der Waals surface area contributed by atoms with E-state index in [4.69, 9.17) is 4.42 Å². The molecule has 0 unspecified atom stereocenters. The standard InChI is InChI=1S/C18H23N5O2S/c1-11(2)23-10-19-22-17(23)26-9-15(24)20-12-6-7-14-13(8-12)21-16(25-14)18(3,4)5/h6-8,10-11H,9H2,1-5H3,(H,20,24). The van der Waals surface area contributed by atoms with E-state index < -0.39 is 0 Å². The molecule has 0 spiro atoms. The number of rotatable bonds is 5.